The van der Waals surface area contributed by atoms with Crippen molar-refractivity contribution in [2.45, 2.75) is 49.4 Å². The summed E-state index contributed by atoms with van der Waals surface area (Å²) in [5.41, 5.74) is 3.33. The van der Waals surface area contributed by atoms with Crippen LogP contribution in [0.25, 0.3) is 10.8 Å². The number of nitrogens with one attached hydrogen (secondary N) is 2. The van der Waals surface area contributed by atoms with Crippen molar-refractivity contribution in [2.75, 3.05) is 13.1 Å². The van der Waals surface area contributed by atoms with E-state index in [4.69, 9.17) is 34.8 Å². The summed E-state index contributed by atoms with van der Waals surface area (Å²) in [5.74, 6) is -0.980. The van der Waals surface area contributed by atoms with Gasteiger partial charge in [-0.2, -0.15) is 10.0 Å². The fourth-order valence-corrected chi connectivity index (χ4v) is 4.53. The van der Waals surface area contributed by atoms with E-state index < -0.39 is 15.7 Å². The maximum Gasteiger partial charge on any atom is 0.342 e. The first kappa shape index (κ1) is 25.8. The Morgan fingerprint density at radius 3 is 2.24 bits per heavy atom. The molecule has 1 fully saturated rings. The molecule has 2 aromatic carbocycles. The maximum atomic E-state index is 13.3. The van der Waals surface area contributed by atoms with Crippen LogP contribution in [0.3, 0.4) is 0 Å². The van der Waals surface area contributed by atoms with Crippen LogP contribution in [0.4, 0.5) is 0 Å². The van der Waals surface area contributed by atoms with Crippen LogP contribution in [-0.2, 0) is 9.59 Å². The third-order valence-electron chi connectivity index (χ3n) is 5.82. The van der Waals surface area contributed by atoms with Crippen LogP contribution in [0.5, 0.6) is 0 Å². The minimum atomic E-state index is -1.74. The number of hydrogen-bond donors (Lipinski definition) is 2. The van der Waals surface area contributed by atoms with Crippen molar-refractivity contribution in [2.24, 2.45) is 5.92 Å². The smallest absolute Gasteiger partial charge is 0.340 e. The van der Waals surface area contributed by atoms with Crippen LogP contribution < -0.4 is 10.7 Å². The van der Waals surface area contributed by atoms with Crippen molar-refractivity contribution < 1.29 is 19.0 Å². The molecule has 0 unspecified atom stereocenters. The minimum Gasteiger partial charge on any atom is -0.340 e. The van der Waals surface area contributed by atoms with E-state index in [0.29, 0.717) is 25.1 Å². The molecular formula is C24H29Cl3N3O3+. The zero-order valence-corrected chi connectivity index (χ0v) is 21.0. The summed E-state index contributed by atoms with van der Waals surface area (Å²) in [6.07, 6.45) is 1.65. The van der Waals surface area contributed by atoms with Gasteiger partial charge in [-0.3, -0.25) is 9.59 Å². The lowest BCUT2D eigenvalue weighted by Crippen LogP contribution is -2.65. The molecular weight excluding hydrogens is 485 g/mol. The standard InChI is InChI=1S/C24H28Cl3N3O3/c1-16(2)13-20(28-22(32)19-10-9-17-7-3-4-8-18(17)14-19)23(33)29-30(11-5-6-12-30)21(31)15-24(25,26)27/h3-4,7-10,14,16,20H,5-6,11-13,15H2,1-2H3,(H-,28,29,32,33)/p+1/t20-/m0/s1. The topological polar surface area (TPSA) is 75.3 Å². The number of rotatable bonds is 6. The first-order chi connectivity index (χ1) is 15.5. The summed E-state index contributed by atoms with van der Waals surface area (Å²) in [6.45, 7) is 4.80. The molecule has 2 aromatic rings. The van der Waals surface area contributed by atoms with Crippen LogP contribution in [0.15, 0.2) is 42.5 Å². The second-order valence-electron chi connectivity index (χ2n) is 9.00. The van der Waals surface area contributed by atoms with Crippen molar-refractivity contribution in [3.05, 3.63) is 48.0 Å². The predicted molar refractivity (Wildman–Crippen MR) is 132 cm³/mol. The Kier molecular flexibility index (Phi) is 8.27. The molecule has 1 atom stereocenters. The zero-order chi connectivity index (χ0) is 24.2. The number of carbonyl (C=O) groups is 3. The normalized spacial score (nSPS) is 16.5. The highest BCUT2D eigenvalue weighted by Crippen LogP contribution is 2.33. The third kappa shape index (κ3) is 6.82. The van der Waals surface area contributed by atoms with E-state index in [0.717, 1.165) is 23.6 Å². The number of alkyl halides is 3. The SMILES string of the molecule is CC(C)C[C@H](NC(=O)c1ccc2ccccc2c1)C(=O)N[N+]1(C(=O)CC(Cl)(Cl)Cl)CCCC1. The largest absolute Gasteiger partial charge is 0.342 e. The zero-order valence-electron chi connectivity index (χ0n) is 18.7. The van der Waals surface area contributed by atoms with Crippen LogP contribution in [0, 0.1) is 5.92 Å². The minimum absolute atomic E-state index is 0.140. The van der Waals surface area contributed by atoms with E-state index >= 15 is 0 Å². The predicted octanol–water partition coefficient (Wildman–Crippen LogP) is 4.91. The number of quaternary nitrogens is 1. The second kappa shape index (κ2) is 10.6. The number of halogens is 3. The van der Waals surface area contributed by atoms with Crippen LogP contribution in [-0.4, -0.2) is 45.2 Å². The summed E-state index contributed by atoms with van der Waals surface area (Å²) < 4.78 is -2.01. The Labute approximate surface area is 209 Å². The molecule has 33 heavy (non-hydrogen) atoms. The molecule has 3 amide bonds. The molecule has 0 bridgehead atoms. The average Bonchev–Trinajstić information content (AvgIpc) is 3.21. The van der Waals surface area contributed by atoms with Gasteiger partial charge in [0.25, 0.3) is 11.8 Å². The lowest BCUT2D eigenvalue weighted by atomic mass is 10.0. The van der Waals surface area contributed by atoms with Crippen LogP contribution in [0.1, 0.15) is 49.9 Å². The van der Waals surface area contributed by atoms with E-state index in [2.05, 4.69) is 10.7 Å². The molecule has 6 nitrogen and oxygen atoms in total. The highest BCUT2D eigenvalue weighted by Gasteiger charge is 2.46. The molecule has 1 saturated heterocycles. The quantitative estimate of drug-likeness (QED) is 0.425. The number of benzene rings is 2. The van der Waals surface area contributed by atoms with Crippen molar-refractivity contribution in [3.8, 4) is 0 Å². The third-order valence-corrected chi connectivity index (χ3v) is 6.22. The number of hydrogen-bond acceptors (Lipinski definition) is 3. The molecule has 0 saturated carbocycles. The van der Waals surface area contributed by atoms with Gasteiger partial charge in [0.1, 0.15) is 25.6 Å². The molecule has 1 aliphatic rings. The lowest BCUT2D eigenvalue weighted by Gasteiger charge is -2.33. The van der Waals surface area contributed by atoms with Gasteiger partial charge in [0.05, 0.1) is 0 Å². The summed E-state index contributed by atoms with van der Waals surface area (Å²) in [7, 11) is 0. The Morgan fingerprint density at radius 1 is 1.00 bits per heavy atom. The van der Waals surface area contributed by atoms with E-state index in [9.17, 15) is 14.4 Å². The molecule has 0 aromatic heterocycles. The number of carbonyl (C=O) groups excluding carboxylic acids is 3. The molecule has 9 heteroatoms. The fraction of sp³-hybridized carbons (Fsp3) is 0.458. The van der Waals surface area contributed by atoms with Gasteiger partial charge in [-0.05, 0) is 35.2 Å². The van der Waals surface area contributed by atoms with Gasteiger partial charge in [-0.15, -0.1) is 0 Å². The van der Waals surface area contributed by atoms with Gasteiger partial charge in [0.15, 0.2) is 0 Å². The Balaban J connectivity index is 1.78. The molecule has 2 N–H and O–H groups in total. The van der Waals surface area contributed by atoms with Crippen molar-refractivity contribution in [3.63, 3.8) is 0 Å². The molecule has 0 radical (unpaired) electrons. The number of fused-ring (bicyclic) bond motifs is 1. The van der Waals surface area contributed by atoms with Crippen LogP contribution in [0.2, 0.25) is 0 Å². The van der Waals surface area contributed by atoms with Gasteiger partial charge in [-0.1, -0.05) is 79.0 Å². The summed E-state index contributed by atoms with van der Waals surface area (Å²) in [6, 6.07) is 12.4. The monoisotopic (exact) mass is 512 g/mol. The second-order valence-corrected chi connectivity index (χ2v) is 11.5. The molecule has 178 valence electrons. The molecule has 1 heterocycles. The maximum absolute atomic E-state index is 13.3. The highest BCUT2D eigenvalue weighted by atomic mass is 35.6. The van der Waals surface area contributed by atoms with E-state index in [1.54, 1.807) is 12.1 Å². The number of nitrogens with zero attached hydrogens (tertiary/aromatic N) is 1. The molecule has 0 aliphatic carbocycles. The molecule has 3 rings (SSSR count). The Morgan fingerprint density at radius 2 is 1.64 bits per heavy atom. The van der Waals surface area contributed by atoms with Gasteiger partial charge in [-0.25, -0.2) is 4.79 Å². The summed E-state index contributed by atoms with van der Waals surface area (Å²) in [4.78, 5) is 39.3. The lowest BCUT2D eigenvalue weighted by molar-refractivity contribution is -0.878. The van der Waals surface area contributed by atoms with E-state index in [1.807, 2.05) is 44.2 Å². The van der Waals surface area contributed by atoms with Crippen molar-refractivity contribution in [1.29, 1.82) is 0 Å². The van der Waals surface area contributed by atoms with E-state index in [-0.39, 0.29) is 28.7 Å². The van der Waals surface area contributed by atoms with Crippen molar-refractivity contribution in [1.82, 2.24) is 10.7 Å². The van der Waals surface area contributed by atoms with Crippen LogP contribution >= 0.6 is 34.8 Å². The van der Waals surface area contributed by atoms with Crippen molar-refractivity contribution >= 4 is 63.3 Å². The van der Waals surface area contributed by atoms with Gasteiger partial charge < -0.3 is 5.32 Å². The first-order valence-electron chi connectivity index (χ1n) is 11.1. The van der Waals surface area contributed by atoms with Gasteiger partial charge in [0, 0.05) is 18.4 Å². The first-order valence-corrected chi connectivity index (χ1v) is 12.2. The summed E-state index contributed by atoms with van der Waals surface area (Å²) in [5, 5.41) is 4.82. The molecule has 1 aliphatic heterocycles. The Bertz CT molecular complexity index is 1030. The highest BCUT2D eigenvalue weighted by molar-refractivity contribution is 6.68. The number of amides is 3. The number of likely N-dealkylation sites (tertiary alicyclic amines) is 1. The van der Waals surface area contributed by atoms with Gasteiger partial charge >= 0.3 is 5.91 Å². The Hall–Kier alpha value is -1.86. The fourth-order valence-electron chi connectivity index (χ4n) is 4.19. The molecule has 0 spiro atoms. The average molecular weight is 514 g/mol. The summed E-state index contributed by atoms with van der Waals surface area (Å²) >= 11 is 17.5. The van der Waals surface area contributed by atoms with Gasteiger partial charge in [0.2, 0.25) is 3.79 Å². The van der Waals surface area contributed by atoms with E-state index in [1.165, 1.54) is 0 Å².